The summed E-state index contributed by atoms with van der Waals surface area (Å²) >= 11 is 0. The highest BCUT2D eigenvalue weighted by Crippen LogP contribution is 2.45. The lowest BCUT2D eigenvalue weighted by Crippen LogP contribution is -2.14. The Morgan fingerprint density at radius 2 is 2.18 bits per heavy atom. The van der Waals surface area contributed by atoms with E-state index in [4.69, 9.17) is 14.6 Å². The van der Waals surface area contributed by atoms with Crippen molar-refractivity contribution in [1.82, 2.24) is 0 Å². The zero-order valence-electron chi connectivity index (χ0n) is 9.76. The highest BCUT2D eigenvalue weighted by Gasteiger charge is 2.35. The fourth-order valence-corrected chi connectivity index (χ4v) is 1.94. The van der Waals surface area contributed by atoms with Crippen LogP contribution in [-0.4, -0.2) is 24.8 Å². The maximum atomic E-state index is 10.6. The highest BCUT2D eigenvalue weighted by atomic mass is 16.5. The minimum atomic E-state index is -0.939. The van der Waals surface area contributed by atoms with Crippen molar-refractivity contribution in [1.29, 1.82) is 0 Å². The Hall–Kier alpha value is -1.55. The van der Waals surface area contributed by atoms with Gasteiger partial charge in [0.2, 0.25) is 0 Å². The van der Waals surface area contributed by atoms with Gasteiger partial charge in [-0.25, -0.2) is 4.79 Å². The van der Waals surface area contributed by atoms with Gasteiger partial charge in [-0.2, -0.15) is 0 Å². The second kappa shape index (κ2) is 5.19. The third-order valence-corrected chi connectivity index (χ3v) is 2.88. The summed E-state index contributed by atoms with van der Waals surface area (Å²) in [7, 11) is 1.61. The molecule has 1 N–H and O–H groups in total. The van der Waals surface area contributed by atoms with Crippen LogP contribution in [0.25, 0.3) is 0 Å². The number of carboxylic acids is 1. The summed E-state index contributed by atoms with van der Waals surface area (Å²) in [4.78, 5) is 10.6. The van der Waals surface area contributed by atoms with E-state index in [1.54, 1.807) is 7.11 Å². The van der Waals surface area contributed by atoms with E-state index in [1.807, 2.05) is 24.3 Å². The van der Waals surface area contributed by atoms with Gasteiger partial charge in [-0.3, -0.25) is 0 Å². The lowest BCUT2D eigenvalue weighted by molar-refractivity contribution is -0.145. The lowest BCUT2D eigenvalue weighted by atomic mass is 10.0. The highest BCUT2D eigenvalue weighted by molar-refractivity contribution is 5.68. The fraction of sp³-hybridized carbons (Fsp3) is 0.462. The molecule has 0 heterocycles. The van der Waals surface area contributed by atoms with Crippen molar-refractivity contribution < 1.29 is 19.4 Å². The summed E-state index contributed by atoms with van der Waals surface area (Å²) in [5.41, 5.74) is 0.943. The molecule has 1 aromatic rings. The van der Waals surface area contributed by atoms with Crippen LogP contribution in [0.5, 0.6) is 5.75 Å². The first-order valence-corrected chi connectivity index (χ1v) is 5.68. The molecule has 0 amide bonds. The molecule has 0 spiro atoms. The maximum Gasteiger partial charge on any atom is 0.329 e. The number of hydrogen-bond acceptors (Lipinski definition) is 3. The molecule has 0 bridgehead atoms. The molecule has 1 unspecified atom stereocenters. The van der Waals surface area contributed by atoms with Crippen LogP contribution in [0.2, 0.25) is 0 Å². The smallest absolute Gasteiger partial charge is 0.329 e. The molecule has 0 radical (unpaired) electrons. The van der Waals surface area contributed by atoms with E-state index in [0.29, 0.717) is 5.92 Å². The van der Waals surface area contributed by atoms with E-state index < -0.39 is 5.97 Å². The molecule has 4 heteroatoms. The molecular weight excluding hydrogens is 220 g/mol. The van der Waals surface area contributed by atoms with Gasteiger partial charge in [-0.15, -0.1) is 0 Å². The Kier molecular flexibility index (Phi) is 3.64. The number of carboxylic acid groups (broad SMARTS) is 1. The van der Waals surface area contributed by atoms with E-state index in [-0.39, 0.29) is 12.7 Å². The van der Waals surface area contributed by atoms with Crippen molar-refractivity contribution in [2.75, 3.05) is 13.7 Å². The topological polar surface area (TPSA) is 55.8 Å². The van der Waals surface area contributed by atoms with Gasteiger partial charge < -0.3 is 14.6 Å². The first-order chi connectivity index (χ1) is 8.22. The van der Waals surface area contributed by atoms with Gasteiger partial charge in [0.25, 0.3) is 0 Å². The summed E-state index contributed by atoms with van der Waals surface area (Å²) in [5, 5.41) is 8.68. The molecule has 4 nitrogen and oxygen atoms in total. The van der Waals surface area contributed by atoms with Gasteiger partial charge in [0.05, 0.1) is 13.2 Å². The number of carbonyl (C=O) groups is 1. The van der Waals surface area contributed by atoms with Crippen molar-refractivity contribution in [2.45, 2.75) is 18.9 Å². The van der Waals surface area contributed by atoms with Crippen LogP contribution in [-0.2, 0) is 9.53 Å². The number of hydrogen-bond donors (Lipinski definition) is 1. The van der Waals surface area contributed by atoms with Crippen molar-refractivity contribution >= 4 is 5.97 Å². The Morgan fingerprint density at radius 1 is 1.47 bits per heavy atom. The molecular formula is C13H16O4. The minimum absolute atomic E-state index is 0.165. The predicted octanol–water partition coefficient (Wildman–Crippen LogP) is 2.25. The Balaban J connectivity index is 2.16. The standard InChI is InChI=1S/C13H16O4/c1-16-11-5-3-2-4-10(11)13(9-6-7-9)17-8-12(14)15/h2-5,9,13H,6-8H2,1H3,(H,14,15). The monoisotopic (exact) mass is 236 g/mol. The van der Waals surface area contributed by atoms with Crippen LogP contribution in [0.15, 0.2) is 24.3 Å². The third-order valence-electron chi connectivity index (χ3n) is 2.88. The Bertz CT molecular complexity index is 398. The van der Waals surface area contributed by atoms with Crippen LogP contribution >= 0.6 is 0 Å². The number of para-hydroxylation sites is 1. The third kappa shape index (κ3) is 2.97. The van der Waals surface area contributed by atoms with Gasteiger partial charge >= 0.3 is 5.97 Å². The molecule has 92 valence electrons. The van der Waals surface area contributed by atoms with Crippen molar-refractivity contribution in [2.24, 2.45) is 5.92 Å². The van der Waals surface area contributed by atoms with E-state index in [9.17, 15) is 4.79 Å². The minimum Gasteiger partial charge on any atom is -0.496 e. The normalized spacial score (nSPS) is 16.5. The average Bonchev–Trinajstić information content (AvgIpc) is 3.14. The summed E-state index contributed by atoms with van der Waals surface area (Å²) in [6.45, 7) is -0.265. The molecule has 1 atom stereocenters. The predicted molar refractivity (Wildman–Crippen MR) is 62.0 cm³/mol. The Labute approximate surface area is 100 Å². The number of methoxy groups -OCH3 is 1. The van der Waals surface area contributed by atoms with Crippen LogP contribution in [0.4, 0.5) is 0 Å². The molecule has 1 aromatic carbocycles. The van der Waals surface area contributed by atoms with Crippen molar-refractivity contribution in [3.8, 4) is 5.75 Å². The van der Waals surface area contributed by atoms with Crippen molar-refractivity contribution in [3.63, 3.8) is 0 Å². The van der Waals surface area contributed by atoms with Gasteiger partial charge in [0.1, 0.15) is 12.4 Å². The molecule has 1 saturated carbocycles. The molecule has 0 aliphatic heterocycles. The summed E-state index contributed by atoms with van der Waals surface area (Å²) < 4.78 is 10.8. The zero-order valence-corrected chi connectivity index (χ0v) is 9.76. The zero-order chi connectivity index (χ0) is 12.3. The van der Waals surface area contributed by atoms with E-state index in [2.05, 4.69) is 0 Å². The molecule has 0 saturated heterocycles. The van der Waals surface area contributed by atoms with E-state index in [1.165, 1.54) is 0 Å². The Morgan fingerprint density at radius 3 is 2.76 bits per heavy atom. The quantitative estimate of drug-likeness (QED) is 0.823. The molecule has 17 heavy (non-hydrogen) atoms. The SMILES string of the molecule is COc1ccccc1C(OCC(=O)O)C1CC1. The summed E-state index contributed by atoms with van der Waals surface area (Å²) in [6.07, 6.45) is 2.01. The van der Waals surface area contributed by atoms with Gasteiger partial charge in [0, 0.05) is 5.56 Å². The maximum absolute atomic E-state index is 10.6. The molecule has 2 rings (SSSR count). The second-order valence-electron chi connectivity index (χ2n) is 4.20. The number of benzene rings is 1. The number of aliphatic carboxylic acids is 1. The molecule has 1 aliphatic carbocycles. The largest absolute Gasteiger partial charge is 0.496 e. The van der Waals surface area contributed by atoms with Gasteiger partial charge in [-0.05, 0) is 24.8 Å². The van der Waals surface area contributed by atoms with Crippen LogP contribution in [0.3, 0.4) is 0 Å². The first kappa shape index (κ1) is 11.9. The molecule has 0 aromatic heterocycles. The van der Waals surface area contributed by atoms with Gasteiger partial charge in [0.15, 0.2) is 0 Å². The second-order valence-corrected chi connectivity index (χ2v) is 4.20. The van der Waals surface area contributed by atoms with E-state index >= 15 is 0 Å². The average molecular weight is 236 g/mol. The van der Waals surface area contributed by atoms with Crippen LogP contribution < -0.4 is 4.74 Å². The van der Waals surface area contributed by atoms with Crippen LogP contribution in [0, 0.1) is 5.92 Å². The summed E-state index contributed by atoms with van der Waals surface area (Å²) in [6, 6.07) is 7.61. The molecule has 1 fully saturated rings. The van der Waals surface area contributed by atoms with Gasteiger partial charge in [-0.1, -0.05) is 18.2 Å². The number of rotatable bonds is 6. The lowest BCUT2D eigenvalue weighted by Gasteiger charge is -2.19. The fourth-order valence-electron chi connectivity index (χ4n) is 1.94. The van der Waals surface area contributed by atoms with E-state index in [0.717, 1.165) is 24.2 Å². The summed E-state index contributed by atoms with van der Waals surface area (Å²) in [5.74, 6) is 0.242. The number of ether oxygens (including phenoxy) is 2. The van der Waals surface area contributed by atoms with Crippen molar-refractivity contribution in [3.05, 3.63) is 29.8 Å². The molecule has 1 aliphatic rings. The first-order valence-electron chi connectivity index (χ1n) is 5.68. The van der Waals surface area contributed by atoms with Crippen LogP contribution in [0.1, 0.15) is 24.5 Å².